The number of amides is 1. The van der Waals surface area contributed by atoms with Crippen LogP contribution in [-0.2, 0) is 15.1 Å². The molecule has 122 valence electrons. The monoisotopic (exact) mass is 326 g/mol. The van der Waals surface area contributed by atoms with Gasteiger partial charge in [-0.1, -0.05) is 0 Å². The molecule has 6 nitrogen and oxygen atoms in total. The third-order valence-corrected chi connectivity index (χ3v) is 4.09. The lowest BCUT2D eigenvalue weighted by Gasteiger charge is -2.28. The Bertz CT molecular complexity index is 610. The molecule has 7 heteroatoms. The Morgan fingerprint density at radius 2 is 2.09 bits per heavy atom. The smallest absolute Gasteiger partial charge is 0.326 e. The number of carbonyl (C=O) groups is 2. The molecule has 1 aromatic heterocycles. The average molecular weight is 326 g/mol. The SMILES string of the molecule is CSCCC(NC(=O)C(C)(C)n1ccc(C)cc1=O)C(=O)O. The van der Waals surface area contributed by atoms with Crippen LogP contribution in [0.15, 0.2) is 23.1 Å². The third kappa shape index (κ3) is 4.37. The maximum atomic E-state index is 12.4. The second kappa shape index (κ2) is 7.49. The predicted molar refractivity (Wildman–Crippen MR) is 87.3 cm³/mol. The fourth-order valence-electron chi connectivity index (χ4n) is 1.98. The number of thioether (sulfide) groups is 1. The van der Waals surface area contributed by atoms with Gasteiger partial charge in [-0.3, -0.25) is 9.59 Å². The molecule has 0 spiro atoms. The molecule has 2 N–H and O–H groups in total. The zero-order valence-corrected chi connectivity index (χ0v) is 14.1. The number of aryl methyl sites for hydroxylation is 1. The van der Waals surface area contributed by atoms with Crippen LogP contribution in [0.3, 0.4) is 0 Å². The number of aromatic nitrogens is 1. The minimum absolute atomic E-state index is 0.295. The fourth-order valence-corrected chi connectivity index (χ4v) is 2.45. The normalized spacial score (nSPS) is 12.7. The van der Waals surface area contributed by atoms with Gasteiger partial charge >= 0.3 is 5.97 Å². The summed E-state index contributed by atoms with van der Waals surface area (Å²) in [6.45, 7) is 4.97. The minimum Gasteiger partial charge on any atom is -0.480 e. The Morgan fingerprint density at radius 1 is 1.45 bits per heavy atom. The Balaban J connectivity index is 2.98. The predicted octanol–water partition coefficient (Wildman–Crippen LogP) is 1.21. The molecule has 0 saturated carbocycles. The van der Waals surface area contributed by atoms with Crippen molar-refractivity contribution in [1.29, 1.82) is 0 Å². The molecule has 0 aromatic carbocycles. The second-order valence-corrected chi connectivity index (χ2v) is 6.60. The highest BCUT2D eigenvalue weighted by Crippen LogP contribution is 2.14. The number of nitrogens with zero attached hydrogens (tertiary/aromatic N) is 1. The van der Waals surface area contributed by atoms with Crippen LogP contribution in [0.5, 0.6) is 0 Å². The highest BCUT2D eigenvalue weighted by Gasteiger charge is 2.33. The summed E-state index contributed by atoms with van der Waals surface area (Å²) in [5.74, 6) is -0.941. The number of nitrogens with one attached hydrogen (secondary N) is 1. The van der Waals surface area contributed by atoms with Gasteiger partial charge in [0.1, 0.15) is 11.6 Å². The van der Waals surface area contributed by atoms with Crippen LogP contribution in [-0.4, -0.2) is 39.6 Å². The highest BCUT2D eigenvalue weighted by atomic mass is 32.2. The third-order valence-electron chi connectivity index (χ3n) is 3.45. The molecule has 22 heavy (non-hydrogen) atoms. The summed E-state index contributed by atoms with van der Waals surface area (Å²) in [6, 6.07) is 2.22. The molecule has 1 aromatic rings. The van der Waals surface area contributed by atoms with Gasteiger partial charge in [0.2, 0.25) is 5.91 Å². The van der Waals surface area contributed by atoms with Crippen LogP contribution >= 0.6 is 11.8 Å². The van der Waals surface area contributed by atoms with Gasteiger partial charge in [0.15, 0.2) is 0 Å². The molecule has 1 heterocycles. The Labute approximate surface area is 133 Å². The minimum atomic E-state index is -1.17. The Kier molecular flexibility index (Phi) is 6.22. The lowest BCUT2D eigenvalue weighted by atomic mass is 10.0. The van der Waals surface area contributed by atoms with Crippen LogP contribution in [0.1, 0.15) is 25.8 Å². The summed E-state index contributed by atoms with van der Waals surface area (Å²) in [6.07, 6.45) is 3.76. The zero-order chi connectivity index (χ0) is 16.9. The number of carbonyl (C=O) groups excluding carboxylic acids is 1. The van der Waals surface area contributed by atoms with E-state index in [9.17, 15) is 19.5 Å². The summed E-state index contributed by atoms with van der Waals surface area (Å²) in [4.78, 5) is 35.7. The van der Waals surface area contributed by atoms with Crippen molar-refractivity contribution in [1.82, 2.24) is 9.88 Å². The lowest BCUT2D eigenvalue weighted by molar-refractivity contribution is -0.143. The molecule has 0 aliphatic heterocycles. The van der Waals surface area contributed by atoms with Gasteiger partial charge in [0, 0.05) is 12.3 Å². The lowest BCUT2D eigenvalue weighted by Crippen LogP contribution is -2.53. The summed E-state index contributed by atoms with van der Waals surface area (Å²) in [7, 11) is 0. The number of carboxylic acids is 1. The first-order valence-corrected chi connectivity index (χ1v) is 8.32. The van der Waals surface area contributed by atoms with Crippen LogP contribution in [0, 0.1) is 6.92 Å². The van der Waals surface area contributed by atoms with Crippen molar-refractivity contribution in [2.45, 2.75) is 38.8 Å². The average Bonchev–Trinajstić information content (AvgIpc) is 2.42. The van der Waals surface area contributed by atoms with Gasteiger partial charge < -0.3 is 15.0 Å². The molecule has 0 saturated heterocycles. The van der Waals surface area contributed by atoms with E-state index in [2.05, 4.69) is 5.32 Å². The molecule has 0 bridgehead atoms. The molecule has 1 amide bonds. The quantitative estimate of drug-likeness (QED) is 0.786. The molecule has 1 atom stereocenters. The van der Waals surface area contributed by atoms with E-state index in [4.69, 9.17) is 0 Å². The first-order chi connectivity index (χ1) is 10.2. The van der Waals surface area contributed by atoms with E-state index in [0.29, 0.717) is 12.2 Å². The Hall–Kier alpha value is -1.76. The van der Waals surface area contributed by atoms with Crippen molar-refractivity contribution >= 4 is 23.6 Å². The molecule has 0 fully saturated rings. The molecule has 1 rings (SSSR count). The maximum Gasteiger partial charge on any atom is 0.326 e. The van der Waals surface area contributed by atoms with Crippen molar-refractivity contribution in [3.8, 4) is 0 Å². The van der Waals surface area contributed by atoms with E-state index in [1.54, 1.807) is 33.0 Å². The maximum absolute atomic E-state index is 12.4. The Morgan fingerprint density at radius 3 is 2.59 bits per heavy atom. The summed E-state index contributed by atoms with van der Waals surface area (Å²) >= 11 is 1.51. The van der Waals surface area contributed by atoms with Gasteiger partial charge in [-0.05, 0) is 50.8 Å². The number of rotatable bonds is 7. The number of carboxylic acid groups (broad SMARTS) is 1. The van der Waals surface area contributed by atoms with E-state index in [1.165, 1.54) is 22.4 Å². The molecular formula is C15H22N2O4S. The molecule has 0 aliphatic rings. The van der Waals surface area contributed by atoms with Crippen LogP contribution in [0.4, 0.5) is 0 Å². The van der Waals surface area contributed by atoms with E-state index in [0.717, 1.165) is 5.56 Å². The van der Waals surface area contributed by atoms with Gasteiger partial charge in [-0.2, -0.15) is 11.8 Å². The van der Waals surface area contributed by atoms with E-state index in [-0.39, 0.29) is 5.56 Å². The van der Waals surface area contributed by atoms with E-state index in [1.807, 2.05) is 6.26 Å². The van der Waals surface area contributed by atoms with E-state index < -0.39 is 23.5 Å². The number of hydrogen-bond acceptors (Lipinski definition) is 4. The van der Waals surface area contributed by atoms with Crippen molar-refractivity contribution in [2.24, 2.45) is 0 Å². The molecule has 1 unspecified atom stereocenters. The standard InChI is InChI=1S/C15H22N2O4S/c1-10-5-7-17(12(18)9-10)15(2,3)14(21)16-11(13(19)20)6-8-22-4/h5,7,9,11H,6,8H2,1-4H3,(H,16,21)(H,19,20). The number of hydrogen-bond donors (Lipinski definition) is 2. The second-order valence-electron chi connectivity index (χ2n) is 5.62. The number of aliphatic carboxylic acids is 1. The zero-order valence-electron chi connectivity index (χ0n) is 13.3. The van der Waals surface area contributed by atoms with Gasteiger partial charge in [0.25, 0.3) is 5.56 Å². The topological polar surface area (TPSA) is 88.4 Å². The molecular weight excluding hydrogens is 304 g/mol. The van der Waals surface area contributed by atoms with Gasteiger partial charge in [-0.15, -0.1) is 0 Å². The summed E-state index contributed by atoms with van der Waals surface area (Å²) in [5.41, 5.74) is -0.658. The van der Waals surface area contributed by atoms with Crippen molar-refractivity contribution in [2.75, 3.05) is 12.0 Å². The van der Waals surface area contributed by atoms with Crippen molar-refractivity contribution < 1.29 is 14.7 Å². The van der Waals surface area contributed by atoms with E-state index >= 15 is 0 Å². The molecule has 0 aliphatic carbocycles. The van der Waals surface area contributed by atoms with Gasteiger partial charge in [-0.25, -0.2) is 4.79 Å². The van der Waals surface area contributed by atoms with Gasteiger partial charge in [0.05, 0.1) is 0 Å². The van der Waals surface area contributed by atoms with Crippen molar-refractivity contribution in [3.05, 3.63) is 34.2 Å². The van der Waals surface area contributed by atoms with Crippen LogP contribution in [0.25, 0.3) is 0 Å². The molecule has 0 radical (unpaired) electrons. The highest BCUT2D eigenvalue weighted by molar-refractivity contribution is 7.98. The summed E-state index contributed by atoms with van der Waals surface area (Å²) < 4.78 is 1.31. The largest absolute Gasteiger partial charge is 0.480 e. The van der Waals surface area contributed by atoms with Crippen molar-refractivity contribution in [3.63, 3.8) is 0 Å². The summed E-state index contributed by atoms with van der Waals surface area (Å²) in [5, 5.41) is 11.7. The first kappa shape index (κ1) is 18.3. The van der Waals surface area contributed by atoms with Crippen LogP contribution < -0.4 is 10.9 Å². The first-order valence-electron chi connectivity index (χ1n) is 6.92. The van der Waals surface area contributed by atoms with Crippen LogP contribution in [0.2, 0.25) is 0 Å². The number of pyridine rings is 1. The fraction of sp³-hybridized carbons (Fsp3) is 0.533.